The van der Waals surface area contributed by atoms with Crippen LogP contribution in [0.2, 0.25) is 0 Å². The van der Waals surface area contributed by atoms with Gasteiger partial charge in [-0.1, -0.05) is 88.7 Å². The number of fused-ring (bicyclic) bond motifs is 6. The van der Waals surface area contributed by atoms with Crippen LogP contribution in [0.3, 0.4) is 0 Å². The molecule has 9 nitrogen and oxygen atoms in total. The van der Waals surface area contributed by atoms with Gasteiger partial charge in [0.2, 0.25) is 5.91 Å². The molecule has 2 heterocycles. The number of alkyl halides is 1. The van der Waals surface area contributed by atoms with E-state index < -0.39 is 0 Å². The summed E-state index contributed by atoms with van der Waals surface area (Å²) in [6.45, 7) is 1.18. The van der Waals surface area contributed by atoms with E-state index in [1.54, 1.807) is 5.48 Å². The minimum absolute atomic E-state index is 0.170. The van der Waals surface area contributed by atoms with Gasteiger partial charge in [-0.25, -0.2) is 5.48 Å². The molecule has 0 aliphatic rings. The summed E-state index contributed by atoms with van der Waals surface area (Å²) in [7, 11) is 2.80. The molecule has 0 saturated carbocycles. The van der Waals surface area contributed by atoms with Crippen LogP contribution in [-0.4, -0.2) is 51.7 Å². The molecule has 45 heavy (non-hydrogen) atoms. The monoisotopic (exact) mass is 673 g/mol. The lowest BCUT2D eigenvalue weighted by Crippen LogP contribution is -2.20. The number of amides is 1. The Labute approximate surface area is 269 Å². The van der Waals surface area contributed by atoms with Gasteiger partial charge in [-0.05, 0) is 24.3 Å². The number of halogens is 1. The van der Waals surface area contributed by atoms with Crippen molar-refractivity contribution in [2.24, 2.45) is 0 Å². The Morgan fingerprint density at radius 2 is 0.933 bits per heavy atom. The first-order chi connectivity index (χ1) is 21.9. The zero-order valence-corrected chi connectivity index (χ0v) is 26.8. The Kier molecular flexibility index (Phi) is 12.1. The predicted octanol–water partition coefficient (Wildman–Crippen LogP) is 6.99. The van der Waals surface area contributed by atoms with E-state index in [-0.39, 0.29) is 24.3 Å². The van der Waals surface area contributed by atoms with E-state index in [0.29, 0.717) is 31.3 Å². The summed E-state index contributed by atoms with van der Waals surface area (Å²) in [6.07, 6.45) is 1.09. The Morgan fingerprint density at radius 1 is 0.600 bits per heavy atom. The van der Waals surface area contributed by atoms with Crippen molar-refractivity contribution in [1.29, 1.82) is 0 Å². The first-order valence-electron chi connectivity index (χ1n) is 14.5. The van der Waals surface area contributed by atoms with Crippen molar-refractivity contribution in [3.8, 4) is 0 Å². The number of benzene rings is 4. The Balaban J connectivity index is 0.000000170. The minimum atomic E-state index is -0.373. The molecule has 0 unspecified atom stereocenters. The molecule has 10 heteroatoms. The fourth-order valence-corrected chi connectivity index (χ4v) is 5.57. The van der Waals surface area contributed by atoms with Crippen molar-refractivity contribution in [2.45, 2.75) is 32.4 Å². The van der Waals surface area contributed by atoms with Gasteiger partial charge >= 0.3 is 11.9 Å². The molecule has 0 bridgehead atoms. The molecule has 6 rings (SSSR count). The fourth-order valence-electron chi connectivity index (χ4n) is 5.24. The van der Waals surface area contributed by atoms with Gasteiger partial charge in [-0.2, -0.15) is 0 Å². The molecule has 4 aromatic carbocycles. The summed E-state index contributed by atoms with van der Waals surface area (Å²) in [5.74, 6) is -0.722. The molecule has 0 aliphatic carbocycles. The average molecular weight is 675 g/mol. The second-order valence-corrected chi connectivity index (χ2v) is 10.8. The normalized spacial score (nSPS) is 10.6. The molecule has 0 radical (unpaired) electrons. The van der Waals surface area contributed by atoms with Crippen molar-refractivity contribution in [3.63, 3.8) is 0 Å². The molecule has 1 amide bonds. The fraction of sp³-hybridized carbons (Fsp3) is 0.229. The van der Waals surface area contributed by atoms with E-state index in [9.17, 15) is 14.4 Å². The number of aromatic nitrogens is 2. The number of carbonyl (C=O) groups excluding carboxylic acids is 3. The molecule has 0 atom stereocenters. The maximum atomic E-state index is 11.3. The van der Waals surface area contributed by atoms with E-state index in [4.69, 9.17) is 9.94 Å². The lowest BCUT2D eigenvalue weighted by Gasteiger charge is -2.06. The molecule has 0 fully saturated rings. The second-order valence-electron chi connectivity index (χ2n) is 10.00. The van der Waals surface area contributed by atoms with Crippen molar-refractivity contribution < 1.29 is 29.1 Å². The van der Waals surface area contributed by atoms with Gasteiger partial charge in [0.15, 0.2) is 0 Å². The van der Waals surface area contributed by atoms with Crippen LogP contribution in [0.15, 0.2) is 97.1 Å². The molecule has 234 valence electrons. The number of methoxy groups -OCH3 is 2. The van der Waals surface area contributed by atoms with Crippen LogP contribution in [0.5, 0.6) is 0 Å². The number of nitrogens with one attached hydrogen (secondary N) is 1. The number of hydrogen-bond acceptors (Lipinski definition) is 6. The molecule has 0 spiro atoms. The number of hydroxylamine groups is 1. The third kappa shape index (κ3) is 8.09. The summed E-state index contributed by atoms with van der Waals surface area (Å²) in [4.78, 5) is 32.7. The van der Waals surface area contributed by atoms with Crippen LogP contribution >= 0.6 is 15.9 Å². The first-order valence-corrected chi connectivity index (χ1v) is 15.6. The third-order valence-electron chi connectivity index (χ3n) is 7.34. The van der Waals surface area contributed by atoms with E-state index in [0.717, 1.165) is 22.1 Å². The average Bonchev–Trinajstić information content (AvgIpc) is 3.59. The molecular formula is C35H36BrN3O6. The summed E-state index contributed by atoms with van der Waals surface area (Å²) in [6, 6.07) is 32.8. The lowest BCUT2D eigenvalue weighted by atomic mass is 10.2. The zero-order valence-electron chi connectivity index (χ0n) is 25.2. The van der Waals surface area contributed by atoms with Crippen molar-refractivity contribution in [3.05, 3.63) is 97.1 Å². The Morgan fingerprint density at radius 3 is 1.24 bits per heavy atom. The van der Waals surface area contributed by atoms with E-state index in [2.05, 4.69) is 66.2 Å². The highest BCUT2D eigenvalue weighted by Crippen LogP contribution is 2.30. The molecule has 2 N–H and O–H groups in total. The summed E-state index contributed by atoms with van der Waals surface area (Å²) < 4.78 is 13.3. The number of ether oxygens (including phenoxy) is 2. The second kappa shape index (κ2) is 16.4. The molecule has 6 aromatic rings. The predicted molar refractivity (Wildman–Crippen MR) is 180 cm³/mol. The maximum absolute atomic E-state index is 11.3. The topological polar surface area (TPSA) is 112 Å². The van der Waals surface area contributed by atoms with Crippen LogP contribution in [0, 0.1) is 0 Å². The van der Waals surface area contributed by atoms with Crippen molar-refractivity contribution in [2.75, 3.05) is 19.5 Å². The Hall–Kier alpha value is -4.67. The van der Waals surface area contributed by atoms with Crippen molar-refractivity contribution in [1.82, 2.24) is 14.6 Å². The summed E-state index contributed by atoms with van der Waals surface area (Å²) in [5, 5.41) is 14.1. The number of nitrogens with zero attached hydrogens (tertiary/aromatic N) is 2. The highest BCUT2D eigenvalue weighted by Gasteiger charge is 2.12. The van der Waals surface area contributed by atoms with Gasteiger partial charge in [-0.15, -0.1) is 0 Å². The van der Waals surface area contributed by atoms with Gasteiger partial charge in [0.05, 0.1) is 27.1 Å². The van der Waals surface area contributed by atoms with Gasteiger partial charge < -0.3 is 18.6 Å². The molecule has 0 aliphatic heterocycles. The highest BCUT2D eigenvalue weighted by molar-refractivity contribution is 9.09. The number of aryl methyl sites for hydroxylation is 2. The molecular weight excluding hydrogens is 638 g/mol. The first kappa shape index (κ1) is 33.2. The number of rotatable bonds is 8. The van der Waals surface area contributed by atoms with Crippen LogP contribution < -0.4 is 5.48 Å². The summed E-state index contributed by atoms with van der Waals surface area (Å²) in [5.41, 5.74) is 6.20. The number of carbonyl (C=O) groups is 3. The quantitative estimate of drug-likeness (QED) is 0.0780. The van der Waals surface area contributed by atoms with Gasteiger partial charge in [0, 0.05) is 68.5 Å². The van der Waals surface area contributed by atoms with Crippen LogP contribution in [0.4, 0.5) is 0 Å². The lowest BCUT2D eigenvalue weighted by molar-refractivity contribution is -0.141. The van der Waals surface area contributed by atoms with Gasteiger partial charge in [0.1, 0.15) is 0 Å². The minimum Gasteiger partial charge on any atom is -0.469 e. The largest absolute Gasteiger partial charge is 0.469 e. The molecule has 0 saturated heterocycles. The number of para-hydroxylation sites is 4. The van der Waals surface area contributed by atoms with E-state index in [1.165, 1.54) is 35.8 Å². The zero-order chi connectivity index (χ0) is 32.2. The van der Waals surface area contributed by atoms with Crippen LogP contribution in [-0.2, 0) is 36.9 Å². The van der Waals surface area contributed by atoms with Crippen LogP contribution in [0.1, 0.15) is 19.3 Å². The number of hydrogen-bond donors (Lipinski definition) is 2. The Bertz CT molecular complexity index is 1680. The van der Waals surface area contributed by atoms with Crippen molar-refractivity contribution >= 4 is 77.4 Å². The standard InChI is InChI=1S/C16H15NO2.C15H14N2O2.C4H7BrO2/c1-19-16(18)10-11-17-14-8-4-2-6-12(14)13-7-3-5-9-15(13)17;18-15(16-19)9-10-17-13-7-3-1-5-11(13)12-6-2-4-8-14(12)17;1-7-4(6)2-3-5/h2-9H,10-11H2,1H3;1-8,19H,9-10H2,(H,16,18);2-3H2,1H3. The van der Waals surface area contributed by atoms with Crippen LogP contribution in [0.25, 0.3) is 43.6 Å². The van der Waals surface area contributed by atoms with E-state index >= 15 is 0 Å². The highest BCUT2D eigenvalue weighted by atomic mass is 79.9. The molecule has 2 aromatic heterocycles. The SMILES string of the molecule is COC(=O)CCBr.COC(=O)CCn1c2ccccc2c2ccccc21.O=C(CCn1c2ccccc2c2ccccc21)NO. The van der Waals surface area contributed by atoms with Gasteiger partial charge in [-0.3, -0.25) is 19.6 Å². The number of esters is 2. The smallest absolute Gasteiger partial charge is 0.307 e. The maximum Gasteiger partial charge on any atom is 0.307 e. The third-order valence-corrected chi connectivity index (χ3v) is 7.74. The van der Waals surface area contributed by atoms with Gasteiger partial charge in [0.25, 0.3) is 0 Å². The van der Waals surface area contributed by atoms with E-state index in [1.807, 2.05) is 60.7 Å². The summed E-state index contributed by atoms with van der Waals surface area (Å²) >= 11 is 3.09.